The summed E-state index contributed by atoms with van der Waals surface area (Å²) in [6.45, 7) is 7.12. The number of halogens is 1. The van der Waals surface area contributed by atoms with Gasteiger partial charge in [0.05, 0.1) is 0 Å². The van der Waals surface area contributed by atoms with Gasteiger partial charge in [0.15, 0.2) is 0 Å². The Kier molecular flexibility index (Phi) is 5.08. The van der Waals surface area contributed by atoms with Crippen molar-refractivity contribution in [2.24, 2.45) is 0 Å². The van der Waals surface area contributed by atoms with Crippen molar-refractivity contribution in [3.05, 3.63) is 22.8 Å². The van der Waals surface area contributed by atoms with E-state index in [1.165, 1.54) is 0 Å². The molecule has 1 fully saturated rings. The van der Waals surface area contributed by atoms with Crippen LogP contribution in [0.15, 0.2) is 22.8 Å². The van der Waals surface area contributed by atoms with Crippen LogP contribution in [0.4, 0.5) is 10.6 Å². The third-order valence-electron chi connectivity index (χ3n) is 3.25. The molecule has 1 atom stereocenters. The van der Waals surface area contributed by atoms with Gasteiger partial charge in [0.25, 0.3) is 0 Å². The molecule has 1 saturated heterocycles. The van der Waals surface area contributed by atoms with Crippen LogP contribution in [-0.2, 0) is 4.74 Å². The van der Waals surface area contributed by atoms with Crippen LogP contribution in [0.25, 0.3) is 0 Å². The minimum absolute atomic E-state index is 0.263. The lowest BCUT2D eigenvalue weighted by atomic mass is 10.2. The Hall–Kier alpha value is -1.30. The van der Waals surface area contributed by atoms with Crippen LogP contribution in [0.1, 0.15) is 33.6 Å². The van der Waals surface area contributed by atoms with Crippen LogP contribution in [0.5, 0.6) is 0 Å². The predicted octanol–water partition coefficient (Wildman–Crippen LogP) is 3.34. The molecule has 0 aromatic carbocycles. The van der Waals surface area contributed by atoms with Crippen LogP contribution in [0.3, 0.4) is 0 Å². The second kappa shape index (κ2) is 6.64. The zero-order valence-electron chi connectivity index (χ0n) is 12.7. The minimum Gasteiger partial charge on any atom is -0.444 e. The fourth-order valence-electron chi connectivity index (χ4n) is 2.42. The van der Waals surface area contributed by atoms with E-state index in [2.05, 4.69) is 31.1 Å². The van der Waals surface area contributed by atoms with Gasteiger partial charge in [-0.25, -0.2) is 9.78 Å². The molecule has 0 radical (unpaired) electrons. The van der Waals surface area contributed by atoms with E-state index in [0.717, 1.165) is 29.8 Å². The number of carbonyl (C=O) groups is 1. The van der Waals surface area contributed by atoms with Gasteiger partial charge in [-0.1, -0.05) is 6.07 Å². The molecular formula is C15H22BrN3O2. The number of amides is 1. The summed E-state index contributed by atoms with van der Waals surface area (Å²) in [4.78, 5) is 18.5. The number of aromatic nitrogens is 1. The third-order valence-corrected chi connectivity index (χ3v) is 3.69. The zero-order valence-corrected chi connectivity index (χ0v) is 14.3. The molecule has 116 valence electrons. The topological polar surface area (TPSA) is 54.5 Å². The Morgan fingerprint density at radius 3 is 2.95 bits per heavy atom. The summed E-state index contributed by atoms with van der Waals surface area (Å²) in [7, 11) is 0. The van der Waals surface area contributed by atoms with Crippen molar-refractivity contribution in [1.29, 1.82) is 0 Å². The quantitative estimate of drug-likeness (QED) is 0.844. The molecule has 5 nitrogen and oxygen atoms in total. The molecule has 2 rings (SSSR count). The number of alkyl carbamates (subject to hydrolysis) is 1. The molecule has 1 aliphatic rings. The highest BCUT2D eigenvalue weighted by Crippen LogP contribution is 2.24. The van der Waals surface area contributed by atoms with Gasteiger partial charge in [-0.05, 0) is 61.7 Å². The average Bonchev–Trinajstić information content (AvgIpc) is 2.82. The summed E-state index contributed by atoms with van der Waals surface area (Å²) in [5.41, 5.74) is -0.467. The number of anilines is 1. The molecule has 2 heterocycles. The standard InChI is InChI=1S/C15H22BrN3O2/c1-15(2,3)21-14(20)17-10-11-6-5-9-19(11)13-8-4-7-12(16)18-13/h4,7-8,11H,5-6,9-10H2,1-3H3,(H,17,20)/t11-/m1/s1. The van der Waals surface area contributed by atoms with Crippen molar-refractivity contribution < 1.29 is 9.53 Å². The van der Waals surface area contributed by atoms with Crippen LogP contribution >= 0.6 is 15.9 Å². The smallest absolute Gasteiger partial charge is 0.407 e. The van der Waals surface area contributed by atoms with Crippen LogP contribution in [0, 0.1) is 0 Å². The van der Waals surface area contributed by atoms with E-state index >= 15 is 0 Å². The molecule has 0 aliphatic carbocycles. The zero-order chi connectivity index (χ0) is 15.5. The second-order valence-corrected chi connectivity index (χ2v) is 7.00. The van der Waals surface area contributed by atoms with Gasteiger partial charge in [-0.3, -0.25) is 0 Å². The molecule has 1 aromatic heterocycles. The number of pyridine rings is 1. The summed E-state index contributed by atoms with van der Waals surface area (Å²) < 4.78 is 6.09. The van der Waals surface area contributed by atoms with E-state index < -0.39 is 5.60 Å². The summed E-state index contributed by atoms with van der Waals surface area (Å²) >= 11 is 3.40. The summed E-state index contributed by atoms with van der Waals surface area (Å²) in [6.07, 6.45) is 1.79. The molecule has 0 unspecified atom stereocenters. The van der Waals surface area contributed by atoms with E-state index in [1.807, 2.05) is 39.0 Å². The lowest BCUT2D eigenvalue weighted by Crippen LogP contribution is -2.42. The number of ether oxygens (including phenoxy) is 1. The first-order chi connectivity index (χ1) is 9.85. The molecule has 6 heteroatoms. The van der Waals surface area contributed by atoms with Gasteiger partial charge < -0.3 is 15.0 Å². The molecule has 1 amide bonds. The predicted molar refractivity (Wildman–Crippen MR) is 86.5 cm³/mol. The molecule has 21 heavy (non-hydrogen) atoms. The monoisotopic (exact) mass is 355 g/mol. The van der Waals surface area contributed by atoms with E-state index in [0.29, 0.717) is 6.54 Å². The maximum absolute atomic E-state index is 11.7. The van der Waals surface area contributed by atoms with Crippen LogP contribution in [0.2, 0.25) is 0 Å². The summed E-state index contributed by atoms with van der Waals surface area (Å²) in [5.74, 6) is 0.942. The van der Waals surface area contributed by atoms with Gasteiger partial charge in [-0.2, -0.15) is 0 Å². The Balaban J connectivity index is 1.92. The first kappa shape index (κ1) is 16.1. The highest BCUT2D eigenvalue weighted by atomic mass is 79.9. The largest absolute Gasteiger partial charge is 0.444 e. The maximum atomic E-state index is 11.7. The number of carbonyl (C=O) groups excluding carboxylic acids is 1. The molecule has 0 saturated carbocycles. The lowest BCUT2D eigenvalue weighted by Gasteiger charge is -2.27. The van der Waals surface area contributed by atoms with Crippen LogP contribution < -0.4 is 10.2 Å². The molecule has 1 N–H and O–H groups in total. The lowest BCUT2D eigenvalue weighted by molar-refractivity contribution is 0.0525. The van der Waals surface area contributed by atoms with Crippen molar-refractivity contribution in [2.45, 2.75) is 45.3 Å². The third kappa shape index (κ3) is 4.88. The first-order valence-electron chi connectivity index (χ1n) is 7.21. The van der Waals surface area contributed by atoms with Gasteiger partial charge in [0.2, 0.25) is 0 Å². The normalized spacial score (nSPS) is 18.7. The van der Waals surface area contributed by atoms with Gasteiger partial charge in [-0.15, -0.1) is 0 Å². The highest BCUT2D eigenvalue weighted by Gasteiger charge is 2.26. The van der Waals surface area contributed by atoms with E-state index in [-0.39, 0.29) is 12.1 Å². The molecule has 0 bridgehead atoms. The Morgan fingerprint density at radius 1 is 1.52 bits per heavy atom. The van der Waals surface area contributed by atoms with Crippen molar-refractivity contribution in [1.82, 2.24) is 10.3 Å². The number of nitrogens with one attached hydrogen (secondary N) is 1. The number of hydrogen-bond acceptors (Lipinski definition) is 4. The number of hydrogen-bond donors (Lipinski definition) is 1. The van der Waals surface area contributed by atoms with Gasteiger partial charge in [0, 0.05) is 19.1 Å². The second-order valence-electron chi connectivity index (χ2n) is 6.19. The highest BCUT2D eigenvalue weighted by molar-refractivity contribution is 9.10. The average molecular weight is 356 g/mol. The fourth-order valence-corrected chi connectivity index (χ4v) is 2.76. The molecule has 0 spiro atoms. The minimum atomic E-state index is -0.467. The Morgan fingerprint density at radius 2 is 2.29 bits per heavy atom. The first-order valence-corrected chi connectivity index (χ1v) is 8.00. The molecule has 1 aliphatic heterocycles. The van der Waals surface area contributed by atoms with Crippen molar-refractivity contribution in [3.8, 4) is 0 Å². The van der Waals surface area contributed by atoms with E-state index in [1.54, 1.807) is 0 Å². The Labute approximate surface area is 134 Å². The van der Waals surface area contributed by atoms with Crippen molar-refractivity contribution in [3.63, 3.8) is 0 Å². The maximum Gasteiger partial charge on any atom is 0.407 e. The van der Waals surface area contributed by atoms with Crippen molar-refractivity contribution >= 4 is 27.8 Å². The molecule has 1 aromatic rings. The number of rotatable bonds is 3. The van der Waals surface area contributed by atoms with Crippen LogP contribution in [-0.4, -0.2) is 35.8 Å². The SMILES string of the molecule is CC(C)(C)OC(=O)NC[C@H]1CCCN1c1cccc(Br)n1. The van der Waals surface area contributed by atoms with E-state index in [4.69, 9.17) is 4.74 Å². The van der Waals surface area contributed by atoms with Gasteiger partial charge >= 0.3 is 6.09 Å². The summed E-state index contributed by atoms with van der Waals surface area (Å²) in [5, 5.41) is 2.85. The summed E-state index contributed by atoms with van der Waals surface area (Å²) in [6, 6.07) is 6.15. The van der Waals surface area contributed by atoms with Crippen molar-refractivity contribution in [2.75, 3.05) is 18.0 Å². The fraction of sp³-hybridized carbons (Fsp3) is 0.600. The Bertz CT molecular complexity index is 502. The number of nitrogens with zero attached hydrogens (tertiary/aromatic N) is 2. The van der Waals surface area contributed by atoms with E-state index in [9.17, 15) is 4.79 Å². The molecular weight excluding hydrogens is 334 g/mol. The van der Waals surface area contributed by atoms with Gasteiger partial charge in [0.1, 0.15) is 16.0 Å².